The molecule has 0 saturated carbocycles. The standard InChI is InChI=1S/C23H19N5O3S/c24-32(30,31)18-7-5-17(6-8-18)27-23-26-13-16-2-1-3-19(21(16)28-23)14-4-9-20-15(12-14)10-11-25-22(20)29/h1-9,12-13H,10-11H2,(H,25,29)(H2,24,30,31)(H,26,27,28). The lowest BCUT2D eigenvalue weighted by Gasteiger charge is -2.17. The molecule has 2 heterocycles. The summed E-state index contributed by atoms with van der Waals surface area (Å²) >= 11 is 0. The Morgan fingerprint density at radius 2 is 1.81 bits per heavy atom. The van der Waals surface area contributed by atoms with Crippen molar-refractivity contribution in [2.75, 3.05) is 11.9 Å². The van der Waals surface area contributed by atoms with Crippen molar-refractivity contribution < 1.29 is 13.2 Å². The molecule has 0 saturated heterocycles. The minimum atomic E-state index is -3.75. The highest BCUT2D eigenvalue weighted by Crippen LogP contribution is 2.30. The van der Waals surface area contributed by atoms with Gasteiger partial charge in [0.25, 0.3) is 5.91 Å². The van der Waals surface area contributed by atoms with E-state index in [1.165, 1.54) is 12.1 Å². The van der Waals surface area contributed by atoms with E-state index in [1.807, 2.05) is 36.4 Å². The lowest BCUT2D eigenvalue weighted by molar-refractivity contribution is 0.0946. The van der Waals surface area contributed by atoms with Gasteiger partial charge in [0.15, 0.2) is 0 Å². The van der Waals surface area contributed by atoms with Gasteiger partial charge in [-0.25, -0.2) is 23.5 Å². The summed E-state index contributed by atoms with van der Waals surface area (Å²) in [6.07, 6.45) is 2.52. The number of primary sulfonamides is 1. The molecule has 1 aliphatic rings. The number of benzene rings is 3. The fourth-order valence-corrected chi connectivity index (χ4v) is 4.32. The predicted molar refractivity (Wildman–Crippen MR) is 122 cm³/mol. The molecule has 0 radical (unpaired) electrons. The van der Waals surface area contributed by atoms with Crippen molar-refractivity contribution in [1.29, 1.82) is 0 Å². The molecule has 1 aliphatic heterocycles. The fraction of sp³-hybridized carbons (Fsp3) is 0.0870. The van der Waals surface area contributed by atoms with Gasteiger partial charge in [0, 0.05) is 34.9 Å². The third kappa shape index (κ3) is 3.79. The summed E-state index contributed by atoms with van der Waals surface area (Å²) in [4.78, 5) is 21.2. The van der Waals surface area contributed by atoms with Crippen LogP contribution in [0.1, 0.15) is 15.9 Å². The van der Waals surface area contributed by atoms with Gasteiger partial charge in [-0.05, 0) is 47.9 Å². The first-order valence-corrected chi connectivity index (χ1v) is 11.5. The molecular weight excluding hydrogens is 426 g/mol. The van der Waals surface area contributed by atoms with Crippen LogP contribution in [0.2, 0.25) is 0 Å². The highest BCUT2D eigenvalue weighted by Gasteiger charge is 2.18. The molecule has 0 atom stereocenters. The van der Waals surface area contributed by atoms with Gasteiger partial charge in [-0.1, -0.05) is 30.3 Å². The van der Waals surface area contributed by atoms with Gasteiger partial charge in [0.1, 0.15) is 0 Å². The summed E-state index contributed by atoms with van der Waals surface area (Å²) in [5, 5.41) is 12.0. The van der Waals surface area contributed by atoms with Gasteiger partial charge >= 0.3 is 0 Å². The number of amides is 1. The molecular formula is C23H19N5O3S. The molecule has 32 heavy (non-hydrogen) atoms. The zero-order valence-electron chi connectivity index (χ0n) is 16.9. The van der Waals surface area contributed by atoms with Crippen molar-refractivity contribution in [2.45, 2.75) is 11.3 Å². The molecule has 4 N–H and O–H groups in total. The van der Waals surface area contributed by atoms with Gasteiger partial charge in [0.2, 0.25) is 16.0 Å². The van der Waals surface area contributed by atoms with E-state index in [4.69, 9.17) is 10.1 Å². The third-order valence-electron chi connectivity index (χ3n) is 5.39. The smallest absolute Gasteiger partial charge is 0.251 e. The molecule has 3 aromatic carbocycles. The molecule has 9 heteroatoms. The second kappa shape index (κ2) is 7.70. The number of nitrogens with two attached hydrogens (primary N) is 1. The number of fused-ring (bicyclic) bond motifs is 2. The molecule has 0 unspecified atom stereocenters. The fourth-order valence-electron chi connectivity index (χ4n) is 3.80. The van der Waals surface area contributed by atoms with Crippen LogP contribution in [0.25, 0.3) is 22.0 Å². The first-order chi connectivity index (χ1) is 15.4. The molecule has 5 rings (SSSR count). The molecule has 160 valence electrons. The van der Waals surface area contributed by atoms with E-state index in [2.05, 4.69) is 15.6 Å². The molecule has 4 aromatic rings. The van der Waals surface area contributed by atoms with Crippen molar-refractivity contribution in [3.8, 4) is 11.1 Å². The lowest BCUT2D eigenvalue weighted by Crippen LogP contribution is -2.31. The number of para-hydroxylation sites is 1. The Morgan fingerprint density at radius 1 is 1.00 bits per heavy atom. The Hall–Kier alpha value is -3.82. The van der Waals surface area contributed by atoms with Crippen LogP contribution < -0.4 is 15.8 Å². The highest BCUT2D eigenvalue weighted by molar-refractivity contribution is 7.89. The van der Waals surface area contributed by atoms with E-state index in [0.29, 0.717) is 23.7 Å². The maximum atomic E-state index is 12.1. The summed E-state index contributed by atoms with van der Waals surface area (Å²) < 4.78 is 22.9. The van der Waals surface area contributed by atoms with Crippen LogP contribution in [0, 0.1) is 0 Å². The summed E-state index contributed by atoms with van der Waals surface area (Å²) in [5.41, 5.74) is 5.05. The van der Waals surface area contributed by atoms with Crippen molar-refractivity contribution in [2.24, 2.45) is 5.14 Å². The van der Waals surface area contributed by atoms with Crippen LogP contribution in [0.3, 0.4) is 0 Å². The van der Waals surface area contributed by atoms with Gasteiger partial charge in [-0.2, -0.15) is 0 Å². The lowest BCUT2D eigenvalue weighted by atomic mass is 9.94. The van der Waals surface area contributed by atoms with Gasteiger partial charge in [-0.15, -0.1) is 0 Å². The highest BCUT2D eigenvalue weighted by atomic mass is 32.2. The number of carbonyl (C=O) groups excluding carboxylic acids is 1. The van der Waals surface area contributed by atoms with E-state index < -0.39 is 10.0 Å². The number of anilines is 2. The number of sulfonamides is 1. The third-order valence-corrected chi connectivity index (χ3v) is 6.32. The Labute approximate surface area is 184 Å². The second-order valence-corrected chi connectivity index (χ2v) is 9.07. The SMILES string of the molecule is NS(=O)(=O)c1ccc(Nc2ncc3cccc(-c4ccc5c(c4)CCNC5=O)c3n2)cc1. The van der Waals surface area contributed by atoms with Crippen LogP contribution in [0.15, 0.2) is 71.8 Å². The number of hydrogen-bond donors (Lipinski definition) is 3. The average Bonchev–Trinajstić information content (AvgIpc) is 2.78. The Morgan fingerprint density at radius 3 is 2.59 bits per heavy atom. The Balaban J connectivity index is 1.52. The minimum Gasteiger partial charge on any atom is -0.352 e. The van der Waals surface area contributed by atoms with Crippen LogP contribution in [-0.2, 0) is 16.4 Å². The van der Waals surface area contributed by atoms with E-state index >= 15 is 0 Å². The number of aromatic nitrogens is 2. The number of nitrogens with zero attached hydrogens (tertiary/aromatic N) is 2. The zero-order chi connectivity index (χ0) is 22.3. The van der Waals surface area contributed by atoms with E-state index in [1.54, 1.807) is 18.3 Å². The van der Waals surface area contributed by atoms with Crippen LogP contribution in [0.5, 0.6) is 0 Å². The first kappa shape index (κ1) is 20.1. The molecule has 0 bridgehead atoms. The maximum absolute atomic E-state index is 12.1. The maximum Gasteiger partial charge on any atom is 0.251 e. The van der Waals surface area contributed by atoms with Crippen molar-refractivity contribution in [3.05, 3.63) is 78.0 Å². The van der Waals surface area contributed by atoms with Crippen LogP contribution in [-0.4, -0.2) is 30.8 Å². The summed E-state index contributed by atoms with van der Waals surface area (Å²) in [7, 11) is -3.75. The predicted octanol–water partition coefficient (Wildman–Crippen LogP) is 2.97. The quantitative estimate of drug-likeness (QED) is 0.443. The number of rotatable bonds is 4. The van der Waals surface area contributed by atoms with Crippen LogP contribution >= 0.6 is 0 Å². The molecule has 0 spiro atoms. The van der Waals surface area contributed by atoms with Gasteiger partial charge in [0.05, 0.1) is 10.4 Å². The Kier molecular flexibility index (Phi) is 4.84. The van der Waals surface area contributed by atoms with Gasteiger partial charge < -0.3 is 10.6 Å². The minimum absolute atomic E-state index is 0.0332. The number of hydrogen-bond acceptors (Lipinski definition) is 6. The van der Waals surface area contributed by atoms with E-state index in [9.17, 15) is 13.2 Å². The Bertz CT molecular complexity index is 1470. The topological polar surface area (TPSA) is 127 Å². The molecule has 1 amide bonds. The van der Waals surface area contributed by atoms with Crippen molar-refractivity contribution in [1.82, 2.24) is 15.3 Å². The first-order valence-electron chi connectivity index (χ1n) is 9.96. The summed E-state index contributed by atoms with van der Waals surface area (Å²) in [5.74, 6) is 0.337. The number of carbonyl (C=O) groups is 1. The van der Waals surface area contributed by atoms with Crippen LogP contribution in [0.4, 0.5) is 11.6 Å². The van der Waals surface area contributed by atoms with E-state index in [0.717, 1.165) is 34.0 Å². The zero-order valence-corrected chi connectivity index (χ0v) is 17.7. The molecule has 1 aromatic heterocycles. The monoisotopic (exact) mass is 445 g/mol. The van der Waals surface area contributed by atoms with Gasteiger partial charge in [-0.3, -0.25) is 4.79 Å². The largest absolute Gasteiger partial charge is 0.352 e. The average molecular weight is 446 g/mol. The number of nitrogens with one attached hydrogen (secondary N) is 2. The molecule has 8 nitrogen and oxygen atoms in total. The molecule has 0 aliphatic carbocycles. The van der Waals surface area contributed by atoms with Crippen molar-refractivity contribution in [3.63, 3.8) is 0 Å². The summed E-state index contributed by atoms with van der Waals surface area (Å²) in [6.45, 7) is 0.630. The van der Waals surface area contributed by atoms with Crippen molar-refractivity contribution >= 4 is 38.5 Å². The summed E-state index contributed by atoms with van der Waals surface area (Å²) in [6, 6.07) is 17.8. The molecule has 0 fully saturated rings. The van der Waals surface area contributed by atoms with E-state index in [-0.39, 0.29) is 10.8 Å². The normalized spacial score (nSPS) is 13.5. The second-order valence-electron chi connectivity index (χ2n) is 7.51.